The van der Waals surface area contributed by atoms with Crippen LogP contribution in [0, 0.1) is 23.3 Å². The zero-order valence-electron chi connectivity index (χ0n) is 6.30. The molecule has 1 rings (SSSR count). The number of halogens is 4. The van der Waals surface area contributed by atoms with Gasteiger partial charge >= 0.3 is 0 Å². The van der Waals surface area contributed by atoms with E-state index in [0.717, 1.165) is 0 Å². The maximum Gasteiger partial charge on any atom is 0.197 e. The van der Waals surface area contributed by atoms with Gasteiger partial charge in [0.15, 0.2) is 23.3 Å². The van der Waals surface area contributed by atoms with Crippen LogP contribution in [0.1, 0.15) is 12.5 Å². The zero-order valence-corrected chi connectivity index (χ0v) is 6.30. The molecule has 0 saturated heterocycles. The van der Waals surface area contributed by atoms with Crippen LogP contribution in [0.4, 0.5) is 17.6 Å². The third kappa shape index (κ3) is 1.29. The van der Waals surface area contributed by atoms with Crippen molar-refractivity contribution >= 4 is 0 Å². The smallest absolute Gasteiger partial charge is 0.197 e. The van der Waals surface area contributed by atoms with E-state index in [1.54, 1.807) is 0 Å². The first-order valence-corrected chi connectivity index (χ1v) is 3.39. The van der Waals surface area contributed by atoms with Gasteiger partial charge < -0.3 is 0 Å². The Bertz CT molecular complexity index is 306. The molecule has 0 aliphatic carbocycles. The zero-order chi connectivity index (χ0) is 9.30. The molecule has 0 unspecified atom stereocenters. The van der Waals surface area contributed by atoms with Crippen LogP contribution in [0.5, 0.6) is 0 Å². The molecule has 0 aromatic heterocycles. The van der Waals surface area contributed by atoms with E-state index in [2.05, 4.69) is 0 Å². The van der Waals surface area contributed by atoms with Crippen LogP contribution >= 0.6 is 0 Å². The van der Waals surface area contributed by atoms with E-state index in [0.29, 0.717) is 6.07 Å². The lowest BCUT2D eigenvalue weighted by atomic mass is 10.1. The summed E-state index contributed by atoms with van der Waals surface area (Å²) in [6.45, 7) is 1.52. The molecule has 1 aromatic carbocycles. The molecule has 0 bridgehead atoms. The highest BCUT2D eigenvalue weighted by Crippen LogP contribution is 2.18. The second-order valence-corrected chi connectivity index (χ2v) is 2.31. The number of benzene rings is 1. The van der Waals surface area contributed by atoms with Gasteiger partial charge in [0, 0.05) is 0 Å². The van der Waals surface area contributed by atoms with E-state index >= 15 is 0 Å². The van der Waals surface area contributed by atoms with Crippen molar-refractivity contribution in [2.24, 2.45) is 0 Å². The number of hydrogen-bond donors (Lipinski definition) is 0. The Morgan fingerprint density at radius 1 is 1.00 bits per heavy atom. The molecule has 0 amide bonds. The lowest BCUT2D eigenvalue weighted by molar-refractivity contribution is 0.404. The third-order valence-electron chi connectivity index (χ3n) is 1.56. The lowest BCUT2D eigenvalue weighted by Gasteiger charge is -2.01. The van der Waals surface area contributed by atoms with Crippen LogP contribution in [0.25, 0.3) is 0 Å². The van der Waals surface area contributed by atoms with E-state index in [4.69, 9.17) is 0 Å². The minimum atomic E-state index is -1.76. The van der Waals surface area contributed by atoms with Crippen molar-refractivity contribution in [2.75, 3.05) is 0 Å². The Hall–Kier alpha value is -1.06. The van der Waals surface area contributed by atoms with E-state index in [1.807, 2.05) is 0 Å². The van der Waals surface area contributed by atoms with Crippen LogP contribution in [-0.4, -0.2) is 0 Å². The largest absolute Gasteiger partial charge is 0.204 e. The quantitative estimate of drug-likeness (QED) is 0.352. The second kappa shape index (κ2) is 3.13. The van der Waals surface area contributed by atoms with Gasteiger partial charge in [-0.3, -0.25) is 0 Å². The molecule has 12 heavy (non-hydrogen) atoms. The van der Waals surface area contributed by atoms with Crippen LogP contribution < -0.4 is 0 Å². The molecule has 0 saturated carbocycles. The highest BCUT2D eigenvalue weighted by Gasteiger charge is 2.17. The number of aryl methyl sites for hydroxylation is 1. The molecule has 0 radical (unpaired) electrons. The molecule has 0 aliphatic rings. The predicted octanol–water partition coefficient (Wildman–Crippen LogP) is 2.81. The fourth-order valence-corrected chi connectivity index (χ4v) is 0.879. The topological polar surface area (TPSA) is 0 Å². The van der Waals surface area contributed by atoms with Gasteiger partial charge in [0.05, 0.1) is 0 Å². The number of hydrogen-bond acceptors (Lipinski definition) is 0. The average molecular weight is 178 g/mol. The molecule has 0 heterocycles. The molecule has 0 atom stereocenters. The maximum absolute atomic E-state index is 12.7. The summed E-state index contributed by atoms with van der Waals surface area (Å²) in [6, 6.07) is 0.660. The summed E-state index contributed by atoms with van der Waals surface area (Å²) in [6.07, 6.45) is 0.125. The monoisotopic (exact) mass is 178 g/mol. The fraction of sp³-hybridized carbons (Fsp3) is 0.250. The van der Waals surface area contributed by atoms with Crippen LogP contribution in [0.2, 0.25) is 0 Å². The molecule has 66 valence electrons. The predicted molar refractivity (Wildman–Crippen MR) is 35.7 cm³/mol. The highest BCUT2D eigenvalue weighted by molar-refractivity contribution is 5.21. The van der Waals surface area contributed by atoms with Crippen LogP contribution in [0.15, 0.2) is 6.07 Å². The van der Waals surface area contributed by atoms with Gasteiger partial charge in [-0.2, -0.15) is 0 Å². The van der Waals surface area contributed by atoms with Gasteiger partial charge in [-0.15, -0.1) is 0 Å². The summed E-state index contributed by atoms with van der Waals surface area (Å²) in [5.74, 6) is -6.17. The third-order valence-corrected chi connectivity index (χ3v) is 1.56. The SMILES string of the molecule is CCc1cc(F)c(F)c(F)c1F. The van der Waals surface area contributed by atoms with Gasteiger partial charge in [0.1, 0.15) is 0 Å². The van der Waals surface area contributed by atoms with Gasteiger partial charge in [-0.1, -0.05) is 6.92 Å². The van der Waals surface area contributed by atoms with Crippen molar-refractivity contribution in [3.8, 4) is 0 Å². The van der Waals surface area contributed by atoms with E-state index in [1.165, 1.54) is 6.92 Å². The van der Waals surface area contributed by atoms with Crippen LogP contribution in [-0.2, 0) is 6.42 Å². The van der Waals surface area contributed by atoms with Crippen LogP contribution in [0.3, 0.4) is 0 Å². The van der Waals surface area contributed by atoms with Gasteiger partial charge in [-0.05, 0) is 18.1 Å². The van der Waals surface area contributed by atoms with Gasteiger partial charge in [0.2, 0.25) is 0 Å². The molecule has 0 aliphatic heterocycles. The Morgan fingerprint density at radius 3 is 2.08 bits per heavy atom. The van der Waals surface area contributed by atoms with E-state index in [9.17, 15) is 17.6 Å². The first-order valence-electron chi connectivity index (χ1n) is 3.39. The molecule has 4 heteroatoms. The van der Waals surface area contributed by atoms with Crippen molar-refractivity contribution in [1.29, 1.82) is 0 Å². The summed E-state index contributed by atoms with van der Waals surface area (Å²) in [5, 5.41) is 0. The van der Waals surface area contributed by atoms with Gasteiger partial charge in [0.25, 0.3) is 0 Å². The molecule has 0 fully saturated rings. The molecular formula is C8H6F4. The minimum absolute atomic E-state index is 0.125. The first-order chi connectivity index (χ1) is 5.57. The van der Waals surface area contributed by atoms with E-state index in [-0.39, 0.29) is 12.0 Å². The Morgan fingerprint density at radius 2 is 1.58 bits per heavy atom. The minimum Gasteiger partial charge on any atom is -0.204 e. The fourth-order valence-electron chi connectivity index (χ4n) is 0.879. The molecule has 0 N–H and O–H groups in total. The Kier molecular flexibility index (Phi) is 2.35. The van der Waals surface area contributed by atoms with Crippen molar-refractivity contribution in [1.82, 2.24) is 0 Å². The standard InChI is InChI=1S/C8H6F4/c1-2-4-3-5(9)7(11)8(12)6(4)10/h3H,2H2,1H3. The maximum atomic E-state index is 12.7. The lowest BCUT2D eigenvalue weighted by Crippen LogP contribution is -2.00. The summed E-state index contributed by atoms with van der Waals surface area (Å²) < 4.78 is 49.9. The number of rotatable bonds is 1. The Labute approximate surface area is 66.8 Å². The van der Waals surface area contributed by atoms with Crippen molar-refractivity contribution < 1.29 is 17.6 Å². The van der Waals surface area contributed by atoms with Crippen molar-refractivity contribution in [3.05, 3.63) is 34.9 Å². The second-order valence-electron chi connectivity index (χ2n) is 2.31. The van der Waals surface area contributed by atoms with E-state index < -0.39 is 23.3 Å². The molecule has 0 nitrogen and oxygen atoms in total. The normalized spacial score (nSPS) is 10.4. The first kappa shape index (κ1) is 9.03. The highest BCUT2D eigenvalue weighted by atomic mass is 19.2. The molecular weight excluding hydrogens is 172 g/mol. The van der Waals surface area contributed by atoms with Crippen molar-refractivity contribution in [3.63, 3.8) is 0 Å². The summed E-state index contributed by atoms with van der Waals surface area (Å²) >= 11 is 0. The summed E-state index contributed by atoms with van der Waals surface area (Å²) in [5.41, 5.74) is -0.161. The summed E-state index contributed by atoms with van der Waals surface area (Å²) in [4.78, 5) is 0. The average Bonchev–Trinajstić information content (AvgIpc) is 2.08. The molecule has 1 aromatic rings. The molecule has 0 spiro atoms. The van der Waals surface area contributed by atoms with Crippen molar-refractivity contribution in [2.45, 2.75) is 13.3 Å². The summed E-state index contributed by atoms with van der Waals surface area (Å²) in [7, 11) is 0. The van der Waals surface area contributed by atoms with Gasteiger partial charge in [-0.25, -0.2) is 17.6 Å². The Balaban J connectivity index is 3.39.